The van der Waals surface area contributed by atoms with Gasteiger partial charge in [0.15, 0.2) is 0 Å². The van der Waals surface area contributed by atoms with Gasteiger partial charge in [-0.25, -0.2) is 9.97 Å². The third kappa shape index (κ3) is 5.24. The van der Waals surface area contributed by atoms with Crippen LogP contribution in [0.4, 0.5) is 0 Å². The van der Waals surface area contributed by atoms with Crippen molar-refractivity contribution in [3.05, 3.63) is 53.1 Å². The molecule has 170 valence electrons. The van der Waals surface area contributed by atoms with E-state index in [2.05, 4.69) is 20.2 Å². The molecule has 32 heavy (non-hydrogen) atoms. The van der Waals surface area contributed by atoms with Crippen molar-refractivity contribution in [1.82, 2.24) is 25.1 Å². The van der Waals surface area contributed by atoms with Gasteiger partial charge in [-0.3, -0.25) is 14.5 Å². The summed E-state index contributed by atoms with van der Waals surface area (Å²) in [5.41, 5.74) is 2.08. The van der Waals surface area contributed by atoms with E-state index in [1.54, 1.807) is 13.3 Å². The summed E-state index contributed by atoms with van der Waals surface area (Å²) in [5.74, 6) is 1.57. The number of methoxy groups -OCH3 is 1. The predicted octanol–water partition coefficient (Wildman–Crippen LogP) is 2.14. The maximum atomic E-state index is 12.7. The minimum absolute atomic E-state index is 0.116. The molecule has 0 spiro atoms. The van der Waals surface area contributed by atoms with Crippen LogP contribution in [0.5, 0.6) is 5.75 Å². The van der Waals surface area contributed by atoms with Crippen LogP contribution in [0.15, 0.2) is 30.5 Å². The lowest BCUT2D eigenvalue weighted by Gasteiger charge is -2.20. The Labute approximate surface area is 189 Å². The number of nitrogens with zero attached hydrogens (tertiary/aromatic N) is 4. The fourth-order valence-electron chi connectivity index (χ4n) is 4.39. The van der Waals surface area contributed by atoms with E-state index in [1.165, 1.54) is 12.8 Å². The Morgan fingerprint density at radius 3 is 2.78 bits per heavy atom. The van der Waals surface area contributed by atoms with Gasteiger partial charge in [-0.2, -0.15) is 0 Å². The van der Waals surface area contributed by atoms with Crippen molar-refractivity contribution in [2.45, 2.75) is 38.6 Å². The first-order valence-electron chi connectivity index (χ1n) is 11.3. The van der Waals surface area contributed by atoms with Crippen LogP contribution in [-0.4, -0.2) is 71.4 Å². The largest absolute Gasteiger partial charge is 0.497 e. The van der Waals surface area contributed by atoms with E-state index in [9.17, 15) is 9.59 Å². The van der Waals surface area contributed by atoms with Gasteiger partial charge in [-0.05, 0) is 57.0 Å². The molecule has 2 aliphatic heterocycles. The molecule has 0 saturated carbocycles. The van der Waals surface area contributed by atoms with Gasteiger partial charge in [0, 0.05) is 31.7 Å². The molecule has 2 aromatic rings. The molecule has 2 fully saturated rings. The first-order valence-corrected chi connectivity index (χ1v) is 11.3. The second-order valence-corrected chi connectivity index (χ2v) is 8.57. The Hall–Kier alpha value is -3.00. The number of rotatable bonds is 7. The van der Waals surface area contributed by atoms with E-state index < -0.39 is 0 Å². The molecule has 8 nitrogen and oxygen atoms in total. The molecular formula is C24H31N5O3. The Kier molecular flexibility index (Phi) is 6.99. The van der Waals surface area contributed by atoms with Crippen LogP contribution in [0.1, 0.15) is 52.6 Å². The van der Waals surface area contributed by atoms with Crippen molar-refractivity contribution in [2.75, 3.05) is 39.8 Å². The summed E-state index contributed by atoms with van der Waals surface area (Å²) < 4.78 is 5.22. The van der Waals surface area contributed by atoms with Crippen LogP contribution < -0.4 is 10.1 Å². The number of hydrogen-bond donors (Lipinski definition) is 1. The molecule has 2 amide bonds. The Bertz CT molecular complexity index is 974. The fourth-order valence-corrected chi connectivity index (χ4v) is 4.39. The zero-order chi connectivity index (χ0) is 22.5. The van der Waals surface area contributed by atoms with E-state index >= 15 is 0 Å². The molecule has 2 aliphatic rings. The molecular weight excluding hydrogens is 406 g/mol. The van der Waals surface area contributed by atoms with Crippen molar-refractivity contribution in [3.8, 4) is 5.75 Å². The standard InChI is InChI=1S/C24H31N5O3/c1-17-21(24(31)26-13-18-6-5-7-20(12-18)32-2)14-25-23(27-17)19-8-11-29(15-19)22(30)16-28-9-3-4-10-28/h5-7,12,14,19H,3-4,8-11,13,15-16H2,1-2H3,(H,26,31)/t19-/m1/s1. The third-order valence-electron chi connectivity index (χ3n) is 6.29. The summed E-state index contributed by atoms with van der Waals surface area (Å²) in [5, 5.41) is 2.92. The van der Waals surface area contributed by atoms with E-state index in [-0.39, 0.29) is 17.7 Å². The van der Waals surface area contributed by atoms with Crippen LogP contribution in [0.3, 0.4) is 0 Å². The summed E-state index contributed by atoms with van der Waals surface area (Å²) in [6, 6.07) is 7.59. The fraction of sp³-hybridized carbons (Fsp3) is 0.500. The zero-order valence-electron chi connectivity index (χ0n) is 18.8. The second-order valence-electron chi connectivity index (χ2n) is 8.57. The molecule has 0 aliphatic carbocycles. The highest BCUT2D eigenvalue weighted by atomic mass is 16.5. The smallest absolute Gasteiger partial charge is 0.254 e. The quantitative estimate of drug-likeness (QED) is 0.714. The number of ether oxygens (including phenoxy) is 1. The van der Waals surface area contributed by atoms with Crippen LogP contribution in [0.25, 0.3) is 0 Å². The molecule has 0 bridgehead atoms. The number of aryl methyl sites for hydroxylation is 1. The summed E-state index contributed by atoms with van der Waals surface area (Å²) in [6.45, 7) is 6.17. The highest BCUT2D eigenvalue weighted by Crippen LogP contribution is 2.25. The topological polar surface area (TPSA) is 87.7 Å². The number of aromatic nitrogens is 2. The minimum atomic E-state index is -0.203. The third-order valence-corrected chi connectivity index (χ3v) is 6.29. The van der Waals surface area contributed by atoms with Gasteiger partial charge in [0.25, 0.3) is 5.91 Å². The highest BCUT2D eigenvalue weighted by Gasteiger charge is 2.30. The summed E-state index contributed by atoms with van der Waals surface area (Å²) in [7, 11) is 1.62. The average Bonchev–Trinajstić information content (AvgIpc) is 3.50. The number of hydrogen-bond acceptors (Lipinski definition) is 6. The Morgan fingerprint density at radius 1 is 1.22 bits per heavy atom. The van der Waals surface area contributed by atoms with Gasteiger partial charge in [0.2, 0.25) is 5.91 Å². The lowest BCUT2D eigenvalue weighted by Crippen LogP contribution is -2.38. The highest BCUT2D eigenvalue weighted by molar-refractivity contribution is 5.94. The first kappa shape index (κ1) is 22.2. The molecule has 4 rings (SSSR count). The molecule has 1 aromatic heterocycles. The van der Waals surface area contributed by atoms with E-state index in [1.807, 2.05) is 36.1 Å². The lowest BCUT2D eigenvalue weighted by molar-refractivity contribution is -0.131. The number of benzene rings is 1. The summed E-state index contributed by atoms with van der Waals surface area (Å²) >= 11 is 0. The van der Waals surface area contributed by atoms with Gasteiger partial charge < -0.3 is 15.0 Å². The van der Waals surface area contributed by atoms with Gasteiger partial charge >= 0.3 is 0 Å². The van der Waals surface area contributed by atoms with Crippen LogP contribution in [0.2, 0.25) is 0 Å². The van der Waals surface area contributed by atoms with E-state index in [0.717, 1.165) is 37.4 Å². The van der Waals surface area contributed by atoms with Crippen molar-refractivity contribution in [3.63, 3.8) is 0 Å². The second kappa shape index (κ2) is 10.1. The van der Waals surface area contributed by atoms with E-state index in [4.69, 9.17) is 4.74 Å². The van der Waals surface area contributed by atoms with Crippen molar-refractivity contribution >= 4 is 11.8 Å². The molecule has 0 radical (unpaired) electrons. The normalized spacial score (nSPS) is 18.7. The van der Waals surface area contributed by atoms with Gasteiger partial charge in [0.1, 0.15) is 11.6 Å². The molecule has 3 heterocycles. The minimum Gasteiger partial charge on any atom is -0.497 e. The maximum Gasteiger partial charge on any atom is 0.254 e. The van der Waals surface area contributed by atoms with E-state index in [0.29, 0.717) is 36.7 Å². The van der Waals surface area contributed by atoms with Gasteiger partial charge in [-0.1, -0.05) is 12.1 Å². The van der Waals surface area contributed by atoms with Crippen LogP contribution >= 0.6 is 0 Å². The van der Waals surface area contributed by atoms with Crippen molar-refractivity contribution in [2.24, 2.45) is 0 Å². The van der Waals surface area contributed by atoms with Gasteiger partial charge in [-0.15, -0.1) is 0 Å². The van der Waals surface area contributed by atoms with Crippen molar-refractivity contribution in [1.29, 1.82) is 0 Å². The first-order chi connectivity index (χ1) is 15.5. The molecule has 1 aromatic carbocycles. The lowest BCUT2D eigenvalue weighted by atomic mass is 10.1. The number of carbonyl (C=O) groups excluding carboxylic acids is 2. The summed E-state index contributed by atoms with van der Waals surface area (Å²) in [4.78, 5) is 38.5. The Morgan fingerprint density at radius 2 is 2.03 bits per heavy atom. The summed E-state index contributed by atoms with van der Waals surface area (Å²) in [6.07, 6.45) is 4.82. The molecule has 1 N–H and O–H groups in total. The number of amides is 2. The van der Waals surface area contributed by atoms with Crippen LogP contribution in [-0.2, 0) is 11.3 Å². The molecule has 2 saturated heterocycles. The number of likely N-dealkylation sites (tertiary alicyclic amines) is 2. The monoisotopic (exact) mass is 437 g/mol. The van der Waals surface area contributed by atoms with Gasteiger partial charge in [0.05, 0.1) is 24.9 Å². The average molecular weight is 438 g/mol. The maximum absolute atomic E-state index is 12.7. The predicted molar refractivity (Wildman–Crippen MR) is 121 cm³/mol. The number of nitrogens with one attached hydrogen (secondary N) is 1. The zero-order valence-corrected chi connectivity index (χ0v) is 18.8. The number of carbonyl (C=O) groups is 2. The molecule has 1 atom stereocenters. The van der Waals surface area contributed by atoms with Crippen LogP contribution in [0, 0.1) is 6.92 Å². The van der Waals surface area contributed by atoms with Crippen molar-refractivity contribution < 1.29 is 14.3 Å². The molecule has 0 unspecified atom stereocenters. The SMILES string of the molecule is COc1cccc(CNC(=O)c2cnc([C@@H]3CCN(C(=O)CN4CCCC4)C3)nc2C)c1. The molecule has 8 heteroatoms. The Balaban J connectivity index is 1.33.